The van der Waals surface area contributed by atoms with Crippen LogP contribution < -0.4 is 0 Å². The topological polar surface area (TPSA) is 84.0 Å². The molecular weight excluding hydrogens is 284 g/mol. The van der Waals surface area contributed by atoms with Crippen molar-refractivity contribution in [3.05, 3.63) is 0 Å². The van der Waals surface area contributed by atoms with Crippen molar-refractivity contribution in [2.24, 2.45) is 0 Å². The first kappa shape index (κ1) is 15.4. The predicted octanol–water partition coefficient (Wildman–Crippen LogP) is -0.0764. The lowest BCUT2D eigenvalue weighted by atomic mass is 10.1. The Hall–Kier alpha value is -0.990. The number of nitrogens with zero attached hydrogens (tertiary/aromatic N) is 2. The summed E-state index contributed by atoms with van der Waals surface area (Å²) in [6.07, 6.45) is 2.52. The van der Waals surface area contributed by atoms with E-state index in [4.69, 9.17) is 4.74 Å². The van der Waals surface area contributed by atoms with Gasteiger partial charge in [0, 0.05) is 32.5 Å². The van der Waals surface area contributed by atoms with E-state index in [-0.39, 0.29) is 31.7 Å². The molecule has 7 nitrogen and oxygen atoms in total. The number of hydrogen-bond donors (Lipinski definition) is 0. The molecule has 0 aromatic heterocycles. The Morgan fingerprint density at radius 3 is 2.45 bits per heavy atom. The van der Waals surface area contributed by atoms with Crippen LogP contribution >= 0.6 is 0 Å². The van der Waals surface area contributed by atoms with E-state index in [0.717, 1.165) is 12.8 Å². The van der Waals surface area contributed by atoms with Gasteiger partial charge in [-0.3, -0.25) is 9.59 Å². The summed E-state index contributed by atoms with van der Waals surface area (Å²) >= 11 is 0. The van der Waals surface area contributed by atoms with Crippen molar-refractivity contribution >= 4 is 22.0 Å². The molecule has 0 aromatic carbocycles. The minimum absolute atomic E-state index is 0.0830. The van der Waals surface area contributed by atoms with Gasteiger partial charge >= 0.3 is 5.97 Å². The molecule has 0 aliphatic carbocycles. The first-order valence-corrected chi connectivity index (χ1v) is 8.23. The lowest BCUT2D eigenvalue weighted by Crippen LogP contribution is -2.55. The van der Waals surface area contributed by atoms with Crippen molar-refractivity contribution in [2.75, 3.05) is 26.7 Å². The monoisotopic (exact) mass is 304 g/mol. The third kappa shape index (κ3) is 3.02. The zero-order valence-electron chi connectivity index (χ0n) is 11.6. The summed E-state index contributed by atoms with van der Waals surface area (Å²) in [6, 6.07) is -0.739. The highest BCUT2D eigenvalue weighted by Crippen LogP contribution is 2.25. The van der Waals surface area contributed by atoms with Gasteiger partial charge in [-0.25, -0.2) is 0 Å². The highest BCUT2D eigenvalue weighted by molar-refractivity contribution is 7.86. The maximum absolute atomic E-state index is 12.6. The Bertz CT molecular complexity index is 480. The van der Waals surface area contributed by atoms with Crippen LogP contribution in [0, 0.1) is 0 Å². The third-order valence-electron chi connectivity index (χ3n) is 3.83. The highest BCUT2D eigenvalue weighted by atomic mass is 32.2. The first-order valence-electron chi connectivity index (χ1n) is 6.83. The van der Waals surface area contributed by atoms with Gasteiger partial charge in [0.25, 0.3) is 10.2 Å². The molecule has 20 heavy (non-hydrogen) atoms. The van der Waals surface area contributed by atoms with Crippen molar-refractivity contribution in [3.8, 4) is 0 Å². The number of hydrogen-bond acceptors (Lipinski definition) is 5. The molecule has 0 saturated carbocycles. The van der Waals surface area contributed by atoms with Crippen LogP contribution in [0.25, 0.3) is 0 Å². The zero-order valence-corrected chi connectivity index (χ0v) is 12.4. The summed E-state index contributed by atoms with van der Waals surface area (Å²) in [5.74, 6) is -0.430. The molecule has 2 fully saturated rings. The van der Waals surface area contributed by atoms with Crippen LogP contribution in [0.2, 0.25) is 0 Å². The van der Waals surface area contributed by atoms with Gasteiger partial charge in [0.1, 0.15) is 11.8 Å². The Labute approximate surface area is 119 Å². The molecule has 8 heteroatoms. The molecule has 0 spiro atoms. The van der Waals surface area contributed by atoms with Gasteiger partial charge in [-0.15, -0.1) is 0 Å². The number of ether oxygens (including phenoxy) is 1. The fraction of sp³-hybridized carbons (Fsp3) is 0.833. The number of carbonyl (C=O) groups excluding carboxylic acids is 2. The number of Topliss-reactive ketones (excluding diaryl/α,β-unsaturated/α-hetero) is 1. The second-order valence-corrected chi connectivity index (χ2v) is 6.97. The van der Waals surface area contributed by atoms with Gasteiger partial charge in [-0.1, -0.05) is 0 Å². The molecule has 0 bridgehead atoms. The van der Waals surface area contributed by atoms with Crippen LogP contribution in [-0.4, -0.2) is 61.6 Å². The molecule has 0 N–H and O–H groups in total. The molecule has 0 aromatic rings. The number of piperidine rings is 2. The smallest absolute Gasteiger partial charge is 0.324 e. The Kier molecular flexibility index (Phi) is 4.77. The van der Waals surface area contributed by atoms with Gasteiger partial charge in [-0.2, -0.15) is 17.0 Å². The SMILES string of the molecule is COC(=O)C1CCCCN1S(=O)(=O)N1CCC(=O)CC1. The maximum atomic E-state index is 12.6. The van der Waals surface area contributed by atoms with Crippen LogP contribution in [0.5, 0.6) is 0 Å². The first-order chi connectivity index (χ1) is 9.46. The van der Waals surface area contributed by atoms with Crippen molar-refractivity contribution in [1.82, 2.24) is 8.61 Å². The maximum Gasteiger partial charge on any atom is 0.324 e. The fourth-order valence-corrected chi connectivity index (χ4v) is 4.48. The number of methoxy groups -OCH3 is 1. The van der Waals surface area contributed by atoms with Crippen LogP contribution in [0.4, 0.5) is 0 Å². The molecule has 114 valence electrons. The van der Waals surface area contributed by atoms with E-state index in [1.807, 2.05) is 0 Å². The molecule has 2 aliphatic rings. The average molecular weight is 304 g/mol. The summed E-state index contributed by atoms with van der Waals surface area (Å²) in [7, 11) is -2.43. The molecule has 0 radical (unpaired) electrons. The summed E-state index contributed by atoms with van der Waals surface area (Å²) < 4.78 is 32.5. The van der Waals surface area contributed by atoms with Crippen LogP contribution in [0.1, 0.15) is 32.1 Å². The minimum atomic E-state index is -3.70. The number of rotatable bonds is 3. The fourth-order valence-electron chi connectivity index (χ4n) is 2.67. The van der Waals surface area contributed by atoms with E-state index >= 15 is 0 Å². The second-order valence-electron chi connectivity index (χ2n) is 5.09. The van der Waals surface area contributed by atoms with Crippen LogP contribution in [0.3, 0.4) is 0 Å². The lowest BCUT2D eigenvalue weighted by Gasteiger charge is -2.37. The van der Waals surface area contributed by atoms with Crippen molar-refractivity contribution in [1.29, 1.82) is 0 Å². The molecule has 2 rings (SSSR count). The largest absolute Gasteiger partial charge is 0.468 e. The molecule has 0 amide bonds. The Morgan fingerprint density at radius 1 is 1.20 bits per heavy atom. The highest BCUT2D eigenvalue weighted by Gasteiger charge is 2.41. The van der Waals surface area contributed by atoms with Crippen LogP contribution in [0.15, 0.2) is 0 Å². The summed E-state index contributed by atoms with van der Waals surface area (Å²) in [5.41, 5.74) is 0. The quantitative estimate of drug-likeness (QED) is 0.681. The van der Waals surface area contributed by atoms with Gasteiger partial charge in [0.05, 0.1) is 7.11 Å². The van der Waals surface area contributed by atoms with E-state index in [1.165, 1.54) is 15.7 Å². The van der Waals surface area contributed by atoms with E-state index in [1.54, 1.807) is 0 Å². The van der Waals surface area contributed by atoms with E-state index in [2.05, 4.69) is 0 Å². The lowest BCUT2D eigenvalue weighted by molar-refractivity contribution is -0.146. The summed E-state index contributed by atoms with van der Waals surface area (Å²) in [6.45, 7) is 0.726. The number of ketones is 1. The molecule has 1 atom stereocenters. The van der Waals surface area contributed by atoms with Crippen molar-refractivity contribution < 1.29 is 22.7 Å². The van der Waals surface area contributed by atoms with Gasteiger partial charge in [0.2, 0.25) is 0 Å². The van der Waals surface area contributed by atoms with Crippen molar-refractivity contribution in [3.63, 3.8) is 0 Å². The number of carbonyl (C=O) groups is 2. The number of esters is 1. The van der Waals surface area contributed by atoms with Crippen LogP contribution in [-0.2, 0) is 24.5 Å². The second kappa shape index (κ2) is 6.19. The molecule has 1 unspecified atom stereocenters. The van der Waals surface area contributed by atoms with Gasteiger partial charge in [-0.05, 0) is 19.3 Å². The molecule has 2 heterocycles. The van der Waals surface area contributed by atoms with Gasteiger partial charge < -0.3 is 4.74 Å². The van der Waals surface area contributed by atoms with E-state index in [0.29, 0.717) is 13.0 Å². The molecule has 2 saturated heterocycles. The minimum Gasteiger partial charge on any atom is -0.468 e. The zero-order chi connectivity index (χ0) is 14.8. The predicted molar refractivity (Wildman–Crippen MR) is 71.1 cm³/mol. The molecule has 2 aliphatic heterocycles. The summed E-state index contributed by atoms with van der Waals surface area (Å²) in [5, 5.41) is 0. The third-order valence-corrected chi connectivity index (χ3v) is 5.88. The van der Waals surface area contributed by atoms with Crippen molar-refractivity contribution in [2.45, 2.75) is 38.1 Å². The Morgan fingerprint density at radius 2 is 1.85 bits per heavy atom. The normalized spacial score (nSPS) is 26.4. The average Bonchev–Trinajstić information content (AvgIpc) is 2.47. The van der Waals surface area contributed by atoms with E-state index < -0.39 is 22.2 Å². The van der Waals surface area contributed by atoms with E-state index in [9.17, 15) is 18.0 Å². The Balaban J connectivity index is 2.17. The molecular formula is C12H20N2O5S. The standard InChI is InChI=1S/C12H20N2O5S/c1-19-12(16)11-4-2-3-7-14(11)20(17,18)13-8-5-10(15)6-9-13/h11H,2-9H2,1H3. The summed E-state index contributed by atoms with van der Waals surface area (Å²) in [4.78, 5) is 23.0. The van der Waals surface area contributed by atoms with Gasteiger partial charge in [0.15, 0.2) is 0 Å².